The van der Waals surface area contributed by atoms with E-state index >= 15 is 0 Å². The molecule has 134 valence electrons. The molecule has 0 saturated carbocycles. The number of likely N-dealkylation sites (tertiary alicyclic amines) is 1. The zero-order valence-corrected chi connectivity index (χ0v) is 15.4. The highest BCUT2D eigenvalue weighted by Gasteiger charge is 2.24. The summed E-state index contributed by atoms with van der Waals surface area (Å²) in [7, 11) is 0. The first kappa shape index (κ1) is 18.7. The van der Waals surface area contributed by atoms with Crippen molar-refractivity contribution < 1.29 is 9.90 Å². The Hall–Kier alpha value is -1.60. The van der Waals surface area contributed by atoms with Crippen molar-refractivity contribution in [3.8, 4) is 0 Å². The van der Waals surface area contributed by atoms with E-state index < -0.39 is 5.60 Å². The number of rotatable bonds is 6. The lowest BCUT2D eigenvalue weighted by Gasteiger charge is -2.26. The van der Waals surface area contributed by atoms with E-state index in [0.29, 0.717) is 19.0 Å². The monoisotopic (exact) mass is 352 g/mol. The lowest BCUT2D eigenvalue weighted by molar-refractivity contribution is -0.130. The van der Waals surface area contributed by atoms with Gasteiger partial charge in [0.2, 0.25) is 5.91 Å². The minimum atomic E-state index is -0.979. The Balaban J connectivity index is 1.89. The van der Waals surface area contributed by atoms with Crippen LogP contribution in [-0.2, 0) is 10.4 Å². The Labute approximate surface area is 148 Å². The second kappa shape index (κ2) is 9.03. The minimum Gasteiger partial charge on any atom is -0.384 e. The van der Waals surface area contributed by atoms with Gasteiger partial charge in [-0.3, -0.25) is 4.79 Å². The van der Waals surface area contributed by atoms with Crippen molar-refractivity contribution >= 4 is 23.2 Å². The number of carbonyl (C=O) groups is 1. The molecule has 0 bridgehead atoms. The summed E-state index contributed by atoms with van der Waals surface area (Å²) in [6, 6.07) is 1.91. The molecular weight excluding hydrogens is 324 g/mol. The van der Waals surface area contributed by atoms with Gasteiger partial charge in [-0.05, 0) is 55.5 Å². The van der Waals surface area contributed by atoms with Crippen LogP contribution in [0.15, 0.2) is 21.8 Å². The molecule has 2 rings (SSSR count). The van der Waals surface area contributed by atoms with Crippen molar-refractivity contribution in [1.82, 2.24) is 15.5 Å². The standard InChI is InChI=1S/C17H28N4O2S/c1-3-18-16(19-11-15(22)21-8-5-4-6-9-21)20-13-17(2,23)14-7-10-24-12-14/h7,10,12,23H,3-6,8-9,11,13H2,1-2H3,(H2,18,19,20). The van der Waals surface area contributed by atoms with E-state index in [-0.39, 0.29) is 12.5 Å². The van der Waals surface area contributed by atoms with E-state index in [1.807, 2.05) is 28.7 Å². The molecule has 1 unspecified atom stereocenters. The Morgan fingerprint density at radius 1 is 1.38 bits per heavy atom. The summed E-state index contributed by atoms with van der Waals surface area (Å²) >= 11 is 1.56. The molecule has 1 aliphatic heterocycles. The number of amides is 1. The second-order valence-corrected chi connectivity index (χ2v) is 7.06. The van der Waals surface area contributed by atoms with E-state index in [9.17, 15) is 9.90 Å². The number of aliphatic hydroxyl groups is 1. The Morgan fingerprint density at radius 2 is 2.12 bits per heavy atom. The van der Waals surface area contributed by atoms with Gasteiger partial charge in [0.05, 0.1) is 6.54 Å². The predicted octanol–water partition coefficient (Wildman–Crippen LogP) is 1.52. The summed E-state index contributed by atoms with van der Waals surface area (Å²) in [5, 5.41) is 20.7. The van der Waals surface area contributed by atoms with Crippen LogP contribution in [0.2, 0.25) is 0 Å². The first-order chi connectivity index (χ1) is 11.5. The van der Waals surface area contributed by atoms with Crippen molar-refractivity contribution in [1.29, 1.82) is 0 Å². The molecule has 3 N–H and O–H groups in total. The maximum Gasteiger partial charge on any atom is 0.244 e. The van der Waals surface area contributed by atoms with Gasteiger partial charge in [-0.25, -0.2) is 4.99 Å². The van der Waals surface area contributed by atoms with Gasteiger partial charge in [0.25, 0.3) is 0 Å². The molecule has 1 saturated heterocycles. The number of hydrogen-bond donors (Lipinski definition) is 3. The smallest absolute Gasteiger partial charge is 0.244 e. The third-order valence-electron chi connectivity index (χ3n) is 4.17. The average molecular weight is 353 g/mol. The minimum absolute atomic E-state index is 0.0662. The lowest BCUT2D eigenvalue weighted by Crippen LogP contribution is -2.45. The molecule has 2 heterocycles. The van der Waals surface area contributed by atoms with Crippen LogP contribution in [0.1, 0.15) is 38.7 Å². The molecular formula is C17H28N4O2S. The number of thiophene rings is 1. The molecule has 1 atom stereocenters. The van der Waals surface area contributed by atoms with Gasteiger partial charge >= 0.3 is 0 Å². The zero-order chi connectivity index (χ0) is 17.4. The average Bonchev–Trinajstić information content (AvgIpc) is 3.13. The fourth-order valence-corrected chi connectivity index (χ4v) is 3.44. The third kappa shape index (κ3) is 5.49. The summed E-state index contributed by atoms with van der Waals surface area (Å²) in [6.45, 7) is 6.58. The van der Waals surface area contributed by atoms with Crippen LogP contribution in [0.4, 0.5) is 0 Å². The molecule has 0 spiro atoms. The van der Waals surface area contributed by atoms with Crippen molar-refractivity contribution in [3.05, 3.63) is 22.4 Å². The topological polar surface area (TPSA) is 77.0 Å². The van der Waals surface area contributed by atoms with Crippen LogP contribution in [0.5, 0.6) is 0 Å². The summed E-state index contributed by atoms with van der Waals surface area (Å²) in [5.74, 6) is 0.620. The largest absolute Gasteiger partial charge is 0.384 e. The normalized spacial score (nSPS) is 18.1. The molecule has 1 amide bonds. The first-order valence-corrected chi connectivity index (χ1v) is 9.52. The number of carbonyl (C=O) groups excluding carboxylic acids is 1. The molecule has 6 nitrogen and oxygen atoms in total. The highest BCUT2D eigenvalue weighted by molar-refractivity contribution is 7.08. The van der Waals surface area contributed by atoms with Crippen molar-refractivity contribution in [2.75, 3.05) is 32.7 Å². The van der Waals surface area contributed by atoms with Gasteiger partial charge in [-0.1, -0.05) is 0 Å². The van der Waals surface area contributed by atoms with E-state index in [4.69, 9.17) is 0 Å². The summed E-state index contributed by atoms with van der Waals surface area (Å²) < 4.78 is 0. The number of guanidine groups is 1. The fourth-order valence-electron chi connectivity index (χ4n) is 2.66. The molecule has 0 radical (unpaired) electrons. The Kier molecular flexibility index (Phi) is 7.05. The lowest BCUT2D eigenvalue weighted by atomic mass is 9.99. The zero-order valence-electron chi connectivity index (χ0n) is 14.5. The number of nitrogens with zero attached hydrogens (tertiary/aromatic N) is 2. The summed E-state index contributed by atoms with van der Waals surface area (Å²) in [4.78, 5) is 18.5. The van der Waals surface area contributed by atoms with E-state index in [1.54, 1.807) is 18.3 Å². The van der Waals surface area contributed by atoms with Crippen molar-refractivity contribution in [3.63, 3.8) is 0 Å². The second-order valence-electron chi connectivity index (χ2n) is 6.28. The molecule has 7 heteroatoms. The van der Waals surface area contributed by atoms with Crippen molar-refractivity contribution in [2.45, 2.75) is 38.7 Å². The SMILES string of the molecule is CCNC(=NCC(=O)N1CCCCC1)NCC(C)(O)c1ccsc1. The van der Waals surface area contributed by atoms with E-state index in [1.165, 1.54) is 6.42 Å². The van der Waals surface area contributed by atoms with Gasteiger partial charge in [0.15, 0.2) is 5.96 Å². The van der Waals surface area contributed by atoms with Crippen LogP contribution in [0.3, 0.4) is 0 Å². The Bertz CT molecular complexity index is 537. The molecule has 24 heavy (non-hydrogen) atoms. The van der Waals surface area contributed by atoms with E-state index in [0.717, 1.165) is 31.5 Å². The van der Waals surface area contributed by atoms with Gasteiger partial charge in [-0.2, -0.15) is 11.3 Å². The molecule has 0 aromatic carbocycles. The van der Waals surface area contributed by atoms with E-state index in [2.05, 4.69) is 15.6 Å². The van der Waals surface area contributed by atoms with Crippen LogP contribution >= 0.6 is 11.3 Å². The van der Waals surface area contributed by atoms with Gasteiger partial charge in [0.1, 0.15) is 12.1 Å². The van der Waals surface area contributed by atoms with Crippen molar-refractivity contribution in [2.24, 2.45) is 4.99 Å². The highest BCUT2D eigenvalue weighted by Crippen LogP contribution is 2.21. The van der Waals surface area contributed by atoms with Gasteiger partial charge in [-0.15, -0.1) is 0 Å². The first-order valence-electron chi connectivity index (χ1n) is 8.58. The number of piperidine rings is 1. The third-order valence-corrected chi connectivity index (χ3v) is 4.85. The quantitative estimate of drug-likeness (QED) is 0.536. The van der Waals surface area contributed by atoms with Crippen LogP contribution in [-0.4, -0.2) is 54.6 Å². The molecule has 1 fully saturated rings. The number of nitrogens with one attached hydrogen (secondary N) is 2. The Morgan fingerprint density at radius 3 is 2.75 bits per heavy atom. The maximum absolute atomic E-state index is 12.2. The molecule has 1 aromatic heterocycles. The fraction of sp³-hybridized carbons (Fsp3) is 0.647. The van der Waals surface area contributed by atoms with Crippen LogP contribution in [0, 0.1) is 0 Å². The van der Waals surface area contributed by atoms with Gasteiger partial charge in [0, 0.05) is 19.6 Å². The molecule has 0 aliphatic carbocycles. The van der Waals surface area contributed by atoms with Gasteiger partial charge < -0.3 is 20.6 Å². The maximum atomic E-state index is 12.2. The molecule has 1 aliphatic rings. The van der Waals surface area contributed by atoms with Crippen LogP contribution in [0.25, 0.3) is 0 Å². The number of aliphatic imine (C=N–C) groups is 1. The highest BCUT2D eigenvalue weighted by atomic mass is 32.1. The number of hydrogen-bond acceptors (Lipinski definition) is 4. The summed E-state index contributed by atoms with van der Waals surface area (Å²) in [5.41, 5.74) is -0.104. The predicted molar refractivity (Wildman–Crippen MR) is 98.3 cm³/mol. The van der Waals surface area contributed by atoms with Crippen LogP contribution < -0.4 is 10.6 Å². The summed E-state index contributed by atoms with van der Waals surface area (Å²) in [6.07, 6.45) is 3.36. The molecule has 1 aromatic rings.